The maximum Gasteiger partial charge on any atom is 0.253 e. The Bertz CT molecular complexity index is 984. The predicted molar refractivity (Wildman–Crippen MR) is 118 cm³/mol. The highest BCUT2D eigenvalue weighted by molar-refractivity contribution is 6.03. The van der Waals surface area contributed by atoms with Gasteiger partial charge in [0.1, 0.15) is 5.76 Å². The van der Waals surface area contributed by atoms with Crippen LogP contribution in [0.4, 0.5) is 5.69 Å². The minimum absolute atomic E-state index is 0.108. The van der Waals surface area contributed by atoms with Crippen LogP contribution in [0.5, 0.6) is 0 Å². The summed E-state index contributed by atoms with van der Waals surface area (Å²) in [6, 6.07) is 18.9. The number of anilines is 1. The molecule has 3 rings (SSSR count). The van der Waals surface area contributed by atoms with Crippen molar-refractivity contribution in [2.24, 2.45) is 0 Å². The lowest BCUT2D eigenvalue weighted by molar-refractivity contribution is -0.116. The van der Waals surface area contributed by atoms with Gasteiger partial charge in [-0.2, -0.15) is 0 Å². The minimum Gasteiger partial charge on any atom is -0.467 e. The van der Waals surface area contributed by atoms with E-state index in [1.165, 1.54) is 5.56 Å². The Balaban J connectivity index is 1.57. The zero-order valence-corrected chi connectivity index (χ0v) is 17.7. The maximum atomic E-state index is 12.5. The first-order chi connectivity index (χ1) is 14.3. The predicted octanol–water partition coefficient (Wildman–Crippen LogP) is 5.08. The molecule has 0 unspecified atom stereocenters. The summed E-state index contributed by atoms with van der Waals surface area (Å²) < 4.78 is 5.23. The number of hydrogen-bond donors (Lipinski definition) is 2. The van der Waals surface area contributed by atoms with Crippen molar-refractivity contribution in [3.63, 3.8) is 0 Å². The van der Waals surface area contributed by atoms with Gasteiger partial charge < -0.3 is 15.1 Å². The third-order valence-electron chi connectivity index (χ3n) is 4.91. The van der Waals surface area contributed by atoms with Crippen molar-refractivity contribution >= 4 is 17.5 Å². The zero-order chi connectivity index (χ0) is 21.6. The molecule has 0 spiro atoms. The quantitative estimate of drug-likeness (QED) is 0.577. The van der Waals surface area contributed by atoms with Gasteiger partial charge in [-0.15, -0.1) is 0 Å². The van der Waals surface area contributed by atoms with Gasteiger partial charge in [0, 0.05) is 6.42 Å². The first-order valence-corrected chi connectivity index (χ1v) is 10.1. The van der Waals surface area contributed by atoms with Crippen LogP contribution in [0.2, 0.25) is 0 Å². The molecule has 1 aromatic heterocycles. The van der Waals surface area contributed by atoms with E-state index in [2.05, 4.69) is 55.7 Å². The number of carbonyl (C=O) groups excluding carboxylic acids is 2. The van der Waals surface area contributed by atoms with E-state index in [0.717, 1.165) is 5.56 Å². The van der Waals surface area contributed by atoms with Gasteiger partial charge in [0.25, 0.3) is 5.91 Å². The van der Waals surface area contributed by atoms with Crippen molar-refractivity contribution in [3.05, 3.63) is 89.4 Å². The van der Waals surface area contributed by atoms with Gasteiger partial charge in [0.15, 0.2) is 0 Å². The lowest BCUT2D eigenvalue weighted by Crippen LogP contribution is -2.24. The fourth-order valence-corrected chi connectivity index (χ4v) is 3.11. The van der Waals surface area contributed by atoms with Crippen LogP contribution < -0.4 is 10.6 Å². The smallest absolute Gasteiger partial charge is 0.253 e. The number of carbonyl (C=O) groups is 2. The van der Waals surface area contributed by atoms with E-state index >= 15 is 0 Å². The molecule has 2 aromatic carbocycles. The molecule has 0 aliphatic heterocycles. The van der Waals surface area contributed by atoms with Crippen LogP contribution in [-0.2, 0) is 23.2 Å². The Hall–Kier alpha value is -3.34. The summed E-state index contributed by atoms with van der Waals surface area (Å²) in [7, 11) is 0. The molecular formula is C25H28N2O3. The molecule has 0 aliphatic rings. The Morgan fingerprint density at radius 3 is 2.33 bits per heavy atom. The monoisotopic (exact) mass is 404 g/mol. The number of rotatable bonds is 7. The van der Waals surface area contributed by atoms with E-state index in [0.29, 0.717) is 36.4 Å². The Morgan fingerprint density at radius 2 is 1.67 bits per heavy atom. The third-order valence-corrected chi connectivity index (χ3v) is 4.91. The highest BCUT2D eigenvalue weighted by Gasteiger charge is 2.15. The summed E-state index contributed by atoms with van der Waals surface area (Å²) in [4.78, 5) is 25.0. The molecule has 2 N–H and O–H groups in total. The highest BCUT2D eigenvalue weighted by Crippen LogP contribution is 2.22. The van der Waals surface area contributed by atoms with Crippen LogP contribution in [0.25, 0.3) is 0 Å². The molecule has 0 radical (unpaired) electrons. The number of para-hydroxylation sites is 1. The molecule has 3 aromatic rings. The van der Waals surface area contributed by atoms with Crippen LogP contribution in [0, 0.1) is 0 Å². The Kier molecular flexibility index (Phi) is 6.72. The summed E-state index contributed by atoms with van der Waals surface area (Å²) >= 11 is 0. The molecule has 30 heavy (non-hydrogen) atoms. The molecular weight excluding hydrogens is 376 g/mol. The first-order valence-electron chi connectivity index (χ1n) is 10.1. The van der Waals surface area contributed by atoms with Gasteiger partial charge in [0.2, 0.25) is 5.91 Å². The van der Waals surface area contributed by atoms with Gasteiger partial charge in [-0.25, -0.2) is 0 Å². The van der Waals surface area contributed by atoms with E-state index < -0.39 is 0 Å². The molecule has 5 nitrogen and oxygen atoms in total. The summed E-state index contributed by atoms with van der Waals surface area (Å²) in [5.41, 5.74) is 3.42. The molecule has 0 saturated carbocycles. The highest BCUT2D eigenvalue weighted by atomic mass is 16.3. The van der Waals surface area contributed by atoms with E-state index in [4.69, 9.17) is 4.42 Å². The van der Waals surface area contributed by atoms with Crippen LogP contribution in [0.15, 0.2) is 71.3 Å². The van der Waals surface area contributed by atoms with Gasteiger partial charge in [-0.3, -0.25) is 9.59 Å². The molecule has 156 valence electrons. The largest absolute Gasteiger partial charge is 0.467 e. The topological polar surface area (TPSA) is 71.3 Å². The second-order valence-electron chi connectivity index (χ2n) is 8.30. The number of furan rings is 1. The summed E-state index contributed by atoms with van der Waals surface area (Å²) in [5.74, 6) is 0.281. The van der Waals surface area contributed by atoms with Crippen LogP contribution >= 0.6 is 0 Å². The average molecular weight is 405 g/mol. The number of nitrogens with one attached hydrogen (secondary N) is 2. The fourth-order valence-electron chi connectivity index (χ4n) is 3.11. The fraction of sp³-hybridized carbons (Fsp3) is 0.280. The molecule has 1 heterocycles. The van der Waals surface area contributed by atoms with Crippen molar-refractivity contribution in [1.82, 2.24) is 5.32 Å². The Morgan fingerprint density at radius 1 is 0.933 bits per heavy atom. The second-order valence-corrected chi connectivity index (χ2v) is 8.30. The van der Waals surface area contributed by atoms with Crippen molar-refractivity contribution in [3.8, 4) is 0 Å². The molecule has 5 heteroatoms. The molecule has 0 saturated heterocycles. The third kappa shape index (κ3) is 5.83. The normalized spacial score (nSPS) is 11.2. The number of hydrogen-bond acceptors (Lipinski definition) is 3. The van der Waals surface area contributed by atoms with Gasteiger partial charge >= 0.3 is 0 Å². The lowest BCUT2D eigenvalue weighted by Gasteiger charge is -2.19. The summed E-state index contributed by atoms with van der Waals surface area (Å²) in [6.07, 6.45) is 2.55. The maximum absolute atomic E-state index is 12.5. The van der Waals surface area contributed by atoms with Gasteiger partial charge in [-0.05, 0) is 47.2 Å². The van der Waals surface area contributed by atoms with Crippen molar-refractivity contribution < 1.29 is 14.0 Å². The lowest BCUT2D eigenvalue weighted by atomic mass is 9.86. The second kappa shape index (κ2) is 9.44. The molecule has 0 fully saturated rings. The van der Waals surface area contributed by atoms with Crippen molar-refractivity contribution in [1.29, 1.82) is 0 Å². The average Bonchev–Trinajstić information content (AvgIpc) is 3.24. The summed E-state index contributed by atoms with van der Waals surface area (Å²) in [5, 5.41) is 5.67. The standard InChI is InChI=1S/C25H28N2O3/c1-25(2,3)19-13-10-18(11-14-19)12-15-23(28)27-22-9-5-4-8-21(22)24(29)26-17-20-7-6-16-30-20/h4-11,13-14,16H,12,15,17H2,1-3H3,(H,26,29)(H,27,28). The minimum atomic E-state index is -0.264. The van der Waals surface area contributed by atoms with Gasteiger partial charge in [-0.1, -0.05) is 57.2 Å². The molecule has 0 bridgehead atoms. The first kappa shape index (κ1) is 21.4. The van der Waals surface area contributed by atoms with Crippen molar-refractivity contribution in [2.45, 2.75) is 45.6 Å². The van der Waals surface area contributed by atoms with Crippen LogP contribution in [-0.4, -0.2) is 11.8 Å². The SMILES string of the molecule is CC(C)(C)c1ccc(CCC(=O)Nc2ccccc2C(=O)NCc2ccco2)cc1. The Labute approximate surface area is 177 Å². The molecule has 0 atom stereocenters. The molecule has 2 amide bonds. The molecule has 0 aliphatic carbocycles. The van der Waals surface area contributed by atoms with E-state index in [1.54, 1.807) is 42.7 Å². The number of aryl methyl sites for hydroxylation is 1. The van der Waals surface area contributed by atoms with E-state index in [1.807, 2.05) is 0 Å². The zero-order valence-electron chi connectivity index (χ0n) is 17.7. The number of amides is 2. The van der Waals surface area contributed by atoms with Crippen molar-refractivity contribution in [2.75, 3.05) is 5.32 Å². The van der Waals surface area contributed by atoms with Crippen LogP contribution in [0.3, 0.4) is 0 Å². The van der Waals surface area contributed by atoms with Gasteiger partial charge in [0.05, 0.1) is 24.1 Å². The van der Waals surface area contributed by atoms with Crippen LogP contribution in [0.1, 0.15) is 54.4 Å². The van der Waals surface area contributed by atoms with E-state index in [9.17, 15) is 9.59 Å². The number of benzene rings is 2. The summed E-state index contributed by atoms with van der Waals surface area (Å²) in [6.45, 7) is 6.83. The van der Waals surface area contributed by atoms with E-state index in [-0.39, 0.29) is 17.2 Å².